The number of carbonyl (C=O) groups is 1. The predicted octanol–water partition coefficient (Wildman–Crippen LogP) is 6.25. The van der Waals surface area contributed by atoms with Crippen molar-refractivity contribution in [3.8, 4) is 0 Å². The number of guanidine groups is 1. The molecule has 226 valence electrons. The summed E-state index contributed by atoms with van der Waals surface area (Å²) in [6.45, 7) is 24.2. The van der Waals surface area contributed by atoms with Crippen LogP contribution < -0.4 is 11.1 Å². The maximum absolute atomic E-state index is 12.4. The van der Waals surface area contributed by atoms with Crippen LogP contribution in [0.3, 0.4) is 0 Å². The summed E-state index contributed by atoms with van der Waals surface area (Å²) >= 11 is 6.66. The molecule has 8 nitrogen and oxygen atoms in total. The van der Waals surface area contributed by atoms with Crippen molar-refractivity contribution < 1.29 is 4.79 Å². The van der Waals surface area contributed by atoms with E-state index in [-0.39, 0.29) is 11.8 Å². The third-order valence-electron chi connectivity index (χ3n) is 6.62. The molecule has 1 aromatic carbocycles. The first-order chi connectivity index (χ1) is 19.6. The molecule has 1 unspecified atom stereocenters. The van der Waals surface area contributed by atoms with Crippen molar-refractivity contribution in [2.45, 2.75) is 67.3 Å². The molecule has 2 heterocycles. The van der Waals surface area contributed by atoms with Crippen molar-refractivity contribution >= 4 is 35.0 Å². The van der Waals surface area contributed by atoms with Gasteiger partial charge in [0.15, 0.2) is 0 Å². The lowest BCUT2D eigenvalue weighted by Gasteiger charge is -2.51. The van der Waals surface area contributed by atoms with Gasteiger partial charge in [0.1, 0.15) is 18.0 Å². The molecule has 0 aliphatic carbocycles. The van der Waals surface area contributed by atoms with Crippen LogP contribution in [0.25, 0.3) is 0 Å². The third-order valence-corrected chi connectivity index (χ3v) is 6.95. The molecule has 0 aromatic heterocycles. The molecule has 1 amide bonds. The standard InChI is InChI=1S/C28H40ClN7O.C2H6.C2H4/c1-7-9-12-22(8-2)20(5)25(23-13-10-11-14-24(23)29)34-36-18-31-21(6)33-27(36)35-16-28(17-35,26(30)37)32-15-19(3)4;2*1-2/h8-14,19-20,32H,7,15-18H2,1-6H3,(H2,30,37);1-2H3;1-2H2/b12-9-,22-8+,34-25+;;. The van der Waals surface area contributed by atoms with Crippen molar-refractivity contribution in [2.75, 3.05) is 26.3 Å². The van der Waals surface area contributed by atoms with Crippen molar-refractivity contribution in [1.29, 1.82) is 0 Å². The van der Waals surface area contributed by atoms with E-state index in [4.69, 9.17) is 27.4 Å². The Labute approximate surface area is 252 Å². The molecule has 41 heavy (non-hydrogen) atoms. The topological polar surface area (TPSA) is 98.7 Å². The van der Waals surface area contributed by atoms with E-state index in [0.29, 0.717) is 49.0 Å². The Bertz CT molecular complexity index is 1150. The van der Waals surface area contributed by atoms with Gasteiger partial charge in [-0.1, -0.05) is 89.6 Å². The first-order valence-corrected chi connectivity index (χ1v) is 14.8. The van der Waals surface area contributed by atoms with E-state index < -0.39 is 5.54 Å². The summed E-state index contributed by atoms with van der Waals surface area (Å²) in [4.78, 5) is 23.7. The van der Waals surface area contributed by atoms with Crippen LogP contribution >= 0.6 is 11.6 Å². The number of likely N-dealkylation sites (tertiary alicyclic amines) is 1. The minimum absolute atomic E-state index is 0.0326. The molecule has 3 N–H and O–H groups in total. The van der Waals surface area contributed by atoms with Gasteiger partial charge in [0.2, 0.25) is 11.9 Å². The Morgan fingerprint density at radius 3 is 2.41 bits per heavy atom. The smallest absolute Gasteiger partial charge is 0.241 e. The Morgan fingerprint density at radius 2 is 1.88 bits per heavy atom. The Morgan fingerprint density at radius 1 is 1.24 bits per heavy atom. The Hall–Kier alpha value is -3.23. The molecule has 2 aliphatic rings. The van der Waals surface area contributed by atoms with E-state index in [1.54, 1.807) is 5.01 Å². The number of hydrogen-bond donors (Lipinski definition) is 2. The van der Waals surface area contributed by atoms with Crippen LogP contribution in [-0.4, -0.2) is 65.2 Å². The summed E-state index contributed by atoms with van der Waals surface area (Å²) in [5.41, 5.74) is 7.85. The van der Waals surface area contributed by atoms with Gasteiger partial charge < -0.3 is 16.0 Å². The fourth-order valence-corrected chi connectivity index (χ4v) is 4.59. The Balaban J connectivity index is 0.00000201. The number of carbonyl (C=O) groups excluding carboxylic acids is 1. The molecule has 0 saturated carbocycles. The Kier molecular flexibility index (Phi) is 15.3. The largest absolute Gasteiger partial charge is 0.368 e. The van der Waals surface area contributed by atoms with Gasteiger partial charge in [-0.2, -0.15) is 10.1 Å². The fourth-order valence-electron chi connectivity index (χ4n) is 4.36. The number of allylic oxidation sites excluding steroid dienone is 4. The number of rotatable bonds is 10. The van der Waals surface area contributed by atoms with Crippen molar-refractivity contribution in [3.05, 3.63) is 71.8 Å². The number of hydrazone groups is 1. The van der Waals surface area contributed by atoms with Gasteiger partial charge in [-0.3, -0.25) is 4.79 Å². The van der Waals surface area contributed by atoms with Crippen molar-refractivity contribution in [2.24, 2.45) is 32.7 Å². The molecule has 1 fully saturated rings. The maximum atomic E-state index is 12.4. The molecule has 0 bridgehead atoms. The second-order valence-corrected chi connectivity index (χ2v) is 10.4. The minimum Gasteiger partial charge on any atom is -0.368 e. The van der Waals surface area contributed by atoms with Crippen molar-refractivity contribution in [1.82, 2.24) is 15.2 Å². The molecule has 1 atom stereocenters. The zero-order chi connectivity index (χ0) is 31.2. The second-order valence-electron chi connectivity index (χ2n) is 10.0. The summed E-state index contributed by atoms with van der Waals surface area (Å²) in [7, 11) is 0. The molecule has 1 saturated heterocycles. The summed E-state index contributed by atoms with van der Waals surface area (Å²) in [5.74, 6) is 1.33. The van der Waals surface area contributed by atoms with Crippen LogP contribution in [0.1, 0.15) is 67.4 Å². The SMILES string of the molecule is C/C=C(\C=C/CC)C(C)/C(=N\N1CN=C(C)N=C1N1CC(NCC(C)C)(C(N)=O)C1)c1ccccc1Cl.C=C.CC. The lowest BCUT2D eigenvalue weighted by Crippen LogP contribution is -2.77. The highest BCUT2D eigenvalue weighted by molar-refractivity contribution is 6.34. The van der Waals surface area contributed by atoms with Crippen LogP contribution in [0.5, 0.6) is 0 Å². The van der Waals surface area contributed by atoms with E-state index in [9.17, 15) is 4.79 Å². The highest BCUT2D eigenvalue weighted by Gasteiger charge is 2.50. The first-order valence-electron chi connectivity index (χ1n) is 14.4. The monoisotopic (exact) mass is 583 g/mol. The summed E-state index contributed by atoms with van der Waals surface area (Å²) in [6.07, 6.45) is 7.33. The van der Waals surface area contributed by atoms with Gasteiger partial charge in [0, 0.05) is 29.6 Å². The third kappa shape index (κ3) is 9.40. The lowest BCUT2D eigenvalue weighted by molar-refractivity contribution is -0.129. The predicted molar refractivity (Wildman–Crippen MR) is 177 cm³/mol. The van der Waals surface area contributed by atoms with Gasteiger partial charge in [-0.25, -0.2) is 10.0 Å². The fraction of sp³-hybridized carbons (Fsp3) is 0.500. The van der Waals surface area contributed by atoms with Crippen molar-refractivity contribution in [3.63, 3.8) is 0 Å². The van der Waals surface area contributed by atoms with E-state index in [1.807, 2.05) is 56.9 Å². The molecule has 0 radical (unpaired) electrons. The van der Waals surface area contributed by atoms with Crippen LogP contribution in [0.15, 0.2) is 76.3 Å². The van der Waals surface area contributed by atoms with E-state index in [0.717, 1.165) is 23.3 Å². The zero-order valence-electron chi connectivity index (χ0n) is 26.2. The second kappa shape index (κ2) is 17.6. The number of amides is 1. The number of nitrogens with one attached hydrogen (secondary N) is 1. The molecular formula is C32H50ClN7O. The molecule has 9 heteroatoms. The normalized spacial score (nSPS) is 17.5. The molecule has 1 aromatic rings. The van der Waals surface area contributed by atoms with Crippen LogP contribution in [0.2, 0.25) is 5.02 Å². The van der Waals surface area contributed by atoms with E-state index in [1.165, 1.54) is 0 Å². The summed E-state index contributed by atoms with van der Waals surface area (Å²) in [5, 5.41) is 10.9. The number of primary amides is 1. The number of nitrogens with two attached hydrogens (primary N) is 1. The van der Waals surface area contributed by atoms with Gasteiger partial charge in [0.05, 0.1) is 5.71 Å². The molecule has 0 spiro atoms. The quantitative estimate of drug-likeness (QED) is 0.193. The van der Waals surface area contributed by atoms with Crippen LogP contribution in [0, 0.1) is 11.8 Å². The first kappa shape index (κ1) is 35.8. The molecular weight excluding hydrogens is 534 g/mol. The van der Waals surface area contributed by atoms with E-state index in [2.05, 4.69) is 69.4 Å². The van der Waals surface area contributed by atoms with Crippen LogP contribution in [-0.2, 0) is 4.79 Å². The van der Waals surface area contributed by atoms with Gasteiger partial charge >= 0.3 is 0 Å². The molecule has 3 rings (SSSR count). The highest BCUT2D eigenvalue weighted by Crippen LogP contribution is 2.28. The summed E-state index contributed by atoms with van der Waals surface area (Å²) in [6, 6.07) is 7.74. The number of nitrogens with zero attached hydrogens (tertiary/aromatic N) is 5. The average molecular weight is 584 g/mol. The summed E-state index contributed by atoms with van der Waals surface area (Å²) < 4.78 is 0. The number of benzene rings is 1. The number of aliphatic imine (C=N–C) groups is 2. The molecule has 2 aliphatic heterocycles. The van der Waals surface area contributed by atoms with E-state index >= 15 is 0 Å². The van der Waals surface area contributed by atoms with Gasteiger partial charge in [-0.05, 0) is 44.4 Å². The van der Waals surface area contributed by atoms with Gasteiger partial charge in [-0.15, -0.1) is 13.2 Å². The number of halogens is 1. The maximum Gasteiger partial charge on any atom is 0.241 e. The highest BCUT2D eigenvalue weighted by atomic mass is 35.5. The zero-order valence-corrected chi connectivity index (χ0v) is 27.0. The van der Waals surface area contributed by atoms with Crippen LogP contribution in [0.4, 0.5) is 0 Å². The average Bonchev–Trinajstić information content (AvgIpc) is 2.94. The number of amidine groups is 1. The number of hydrogen-bond acceptors (Lipinski definition) is 7. The minimum atomic E-state index is -0.785. The van der Waals surface area contributed by atoms with Gasteiger partial charge in [0.25, 0.3) is 0 Å². The lowest BCUT2D eigenvalue weighted by atomic mass is 9.88.